The monoisotopic (exact) mass is 216 g/mol. The van der Waals surface area contributed by atoms with Crippen LogP contribution in [-0.2, 0) is 11.3 Å². The minimum atomic E-state index is -0.366. The highest BCUT2D eigenvalue weighted by Gasteiger charge is 2.07. The molecule has 0 bridgehead atoms. The summed E-state index contributed by atoms with van der Waals surface area (Å²) < 4.78 is 4.66. The molecular weight excluding hydrogens is 204 g/mol. The first-order valence-electron chi connectivity index (χ1n) is 4.97. The van der Waals surface area contributed by atoms with Crippen LogP contribution in [-0.4, -0.2) is 18.2 Å². The molecule has 0 aromatic heterocycles. The Labute approximate surface area is 93.3 Å². The number of hydrogen-bond donors (Lipinski definition) is 1. The summed E-state index contributed by atoms with van der Waals surface area (Å²) in [5.41, 5.74) is 1.30. The topological polar surface area (TPSA) is 46.5 Å². The van der Waals surface area contributed by atoms with Crippen molar-refractivity contribution in [3.63, 3.8) is 0 Å². The molecule has 82 valence electrons. The van der Waals surface area contributed by atoms with Crippen LogP contribution in [0.15, 0.2) is 36.4 Å². The zero-order chi connectivity index (χ0) is 11.5. The van der Waals surface area contributed by atoms with Gasteiger partial charge in [0.1, 0.15) is 0 Å². The SMILES string of the molecule is COC(=O)c1ccc2cccc(CO)c2c1. The molecule has 0 saturated carbocycles. The first kappa shape index (κ1) is 10.6. The molecule has 0 unspecified atom stereocenters. The van der Waals surface area contributed by atoms with Crippen molar-refractivity contribution < 1.29 is 14.6 Å². The molecule has 2 rings (SSSR count). The van der Waals surface area contributed by atoms with Gasteiger partial charge in [-0.25, -0.2) is 4.79 Å². The van der Waals surface area contributed by atoms with Gasteiger partial charge >= 0.3 is 5.97 Å². The number of methoxy groups -OCH3 is 1. The molecule has 0 aliphatic carbocycles. The molecule has 0 heterocycles. The number of carbonyl (C=O) groups excluding carboxylic acids is 1. The molecule has 0 aliphatic rings. The van der Waals surface area contributed by atoms with Crippen molar-refractivity contribution in [2.75, 3.05) is 7.11 Å². The van der Waals surface area contributed by atoms with Crippen LogP contribution in [0, 0.1) is 0 Å². The molecule has 0 fully saturated rings. The Kier molecular flexibility index (Phi) is 2.88. The Morgan fingerprint density at radius 2 is 2.12 bits per heavy atom. The summed E-state index contributed by atoms with van der Waals surface area (Å²) >= 11 is 0. The van der Waals surface area contributed by atoms with Crippen LogP contribution in [0.4, 0.5) is 0 Å². The maximum absolute atomic E-state index is 11.4. The Hall–Kier alpha value is -1.87. The van der Waals surface area contributed by atoms with E-state index in [1.807, 2.05) is 24.3 Å². The van der Waals surface area contributed by atoms with Gasteiger partial charge in [0.05, 0.1) is 19.3 Å². The van der Waals surface area contributed by atoms with Gasteiger partial charge in [-0.1, -0.05) is 24.3 Å². The predicted octanol–water partition coefficient (Wildman–Crippen LogP) is 2.12. The van der Waals surface area contributed by atoms with Gasteiger partial charge in [0.2, 0.25) is 0 Å². The summed E-state index contributed by atoms with van der Waals surface area (Å²) in [7, 11) is 1.35. The van der Waals surface area contributed by atoms with Crippen molar-refractivity contribution in [1.29, 1.82) is 0 Å². The van der Waals surface area contributed by atoms with Crippen molar-refractivity contribution in [3.05, 3.63) is 47.5 Å². The Morgan fingerprint density at radius 1 is 1.31 bits per heavy atom. The largest absolute Gasteiger partial charge is 0.465 e. The molecule has 0 saturated heterocycles. The minimum absolute atomic E-state index is 0.0397. The van der Waals surface area contributed by atoms with Gasteiger partial charge < -0.3 is 9.84 Å². The van der Waals surface area contributed by atoms with E-state index in [2.05, 4.69) is 4.74 Å². The average Bonchev–Trinajstić information content (AvgIpc) is 2.36. The highest BCUT2D eigenvalue weighted by Crippen LogP contribution is 2.20. The van der Waals surface area contributed by atoms with E-state index in [0.717, 1.165) is 16.3 Å². The molecule has 0 atom stereocenters. The van der Waals surface area contributed by atoms with Crippen molar-refractivity contribution in [3.8, 4) is 0 Å². The zero-order valence-electron chi connectivity index (χ0n) is 8.93. The van der Waals surface area contributed by atoms with Gasteiger partial charge in [0.25, 0.3) is 0 Å². The fourth-order valence-electron chi connectivity index (χ4n) is 1.72. The second kappa shape index (κ2) is 4.33. The lowest BCUT2D eigenvalue weighted by molar-refractivity contribution is 0.0601. The van der Waals surface area contributed by atoms with E-state index < -0.39 is 0 Å². The number of benzene rings is 2. The molecule has 2 aromatic rings. The lowest BCUT2D eigenvalue weighted by Gasteiger charge is -2.05. The van der Waals surface area contributed by atoms with E-state index in [1.54, 1.807) is 12.1 Å². The number of ether oxygens (including phenoxy) is 1. The predicted molar refractivity (Wildman–Crippen MR) is 61.2 cm³/mol. The van der Waals surface area contributed by atoms with E-state index in [0.29, 0.717) is 5.56 Å². The van der Waals surface area contributed by atoms with Crippen LogP contribution < -0.4 is 0 Å². The van der Waals surface area contributed by atoms with E-state index in [1.165, 1.54) is 7.11 Å². The van der Waals surface area contributed by atoms with Crippen LogP contribution in [0.2, 0.25) is 0 Å². The third kappa shape index (κ3) is 1.77. The fraction of sp³-hybridized carbons (Fsp3) is 0.154. The maximum atomic E-state index is 11.4. The lowest BCUT2D eigenvalue weighted by atomic mass is 10.0. The standard InChI is InChI=1S/C13H12O3/c1-16-13(15)10-6-5-9-3-2-4-11(8-14)12(9)7-10/h2-7,14H,8H2,1H3. The van der Waals surface area contributed by atoms with Gasteiger partial charge in [-0.15, -0.1) is 0 Å². The number of aliphatic hydroxyl groups is 1. The molecule has 0 aliphatic heterocycles. The molecule has 3 nitrogen and oxygen atoms in total. The van der Waals surface area contributed by atoms with E-state index in [4.69, 9.17) is 0 Å². The fourth-order valence-corrected chi connectivity index (χ4v) is 1.72. The highest BCUT2D eigenvalue weighted by atomic mass is 16.5. The summed E-state index contributed by atoms with van der Waals surface area (Å²) in [6, 6.07) is 11.0. The molecule has 0 spiro atoms. The van der Waals surface area contributed by atoms with E-state index >= 15 is 0 Å². The second-order valence-electron chi connectivity index (χ2n) is 3.50. The van der Waals surface area contributed by atoms with Crippen LogP contribution in [0.5, 0.6) is 0 Å². The van der Waals surface area contributed by atoms with Gasteiger partial charge in [-0.2, -0.15) is 0 Å². The maximum Gasteiger partial charge on any atom is 0.337 e. The van der Waals surface area contributed by atoms with E-state index in [-0.39, 0.29) is 12.6 Å². The summed E-state index contributed by atoms with van der Waals surface area (Å²) in [6.45, 7) is -0.0397. The Balaban J connectivity index is 2.63. The summed E-state index contributed by atoms with van der Waals surface area (Å²) in [4.78, 5) is 11.4. The number of fused-ring (bicyclic) bond motifs is 1. The molecule has 0 radical (unpaired) electrons. The average molecular weight is 216 g/mol. The van der Waals surface area contributed by atoms with Crippen LogP contribution in [0.3, 0.4) is 0 Å². The van der Waals surface area contributed by atoms with Crippen LogP contribution in [0.25, 0.3) is 10.8 Å². The zero-order valence-corrected chi connectivity index (χ0v) is 8.93. The minimum Gasteiger partial charge on any atom is -0.465 e. The van der Waals surface area contributed by atoms with Crippen molar-refractivity contribution in [2.24, 2.45) is 0 Å². The highest BCUT2D eigenvalue weighted by molar-refractivity contribution is 5.96. The van der Waals surface area contributed by atoms with Gasteiger partial charge in [0.15, 0.2) is 0 Å². The third-order valence-electron chi connectivity index (χ3n) is 2.56. The molecule has 16 heavy (non-hydrogen) atoms. The molecule has 3 heteroatoms. The molecule has 0 amide bonds. The number of rotatable bonds is 2. The summed E-state index contributed by atoms with van der Waals surface area (Å²) in [5.74, 6) is -0.366. The quantitative estimate of drug-likeness (QED) is 0.782. The number of aliphatic hydroxyl groups excluding tert-OH is 1. The van der Waals surface area contributed by atoms with Crippen molar-refractivity contribution in [1.82, 2.24) is 0 Å². The van der Waals surface area contributed by atoms with Gasteiger partial charge in [-0.3, -0.25) is 0 Å². The van der Waals surface area contributed by atoms with Crippen LogP contribution >= 0.6 is 0 Å². The first-order valence-corrected chi connectivity index (χ1v) is 4.97. The van der Waals surface area contributed by atoms with Crippen molar-refractivity contribution in [2.45, 2.75) is 6.61 Å². The Morgan fingerprint density at radius 3 is 2.81 bits per heavy atom. The van der Waals surface area contributed by atoms with Gasteiger partial charge in [0, 0.05) is 0 Å². The number of carbonyl (C=O) groups is 1. The lowest BCUT2D eigenvalue weighted by Crippen LogP contribution is -2.01. The summed E-state index contributed by atoms with van der Waals surface area (Å²) in [5, 5.41) is 11.1. The number of esters is 1. The van der Waals surface area contributed by atoms with Crippen LogP contribution in [0.1, 0.15) is 15.9 Å². The molecule has 2 aromatic carbocycles. The summed E-state index contributed by atoms with van der Waals surface area (Å²) in [6.07, 6.45) is 0. The molecule has 1 N–H and O–H groups in total. The molecular formula is C13H12O3. The normalized spacial score (nSPS) is 10.4. The van der Waals surface area contributed by atoms with Crippen molar-refractivity contribution >= 4 is 16.7 Å². The number of hydrogen-bond acceptors (Lipinski definition) is 3. The Bertz CT molecular complexity index is 532. The van der Waals surface area contributed by atoms with Gasteiger partial charge in [-0.05, 0) is 28.5 Å². The second-order valence-corrected chi connectivity index (χ2v) is 3.50. The first-order chi connectivity index (χ1) is 7.76. The smallest absolute Gasteiger partial charge is 0.337 e. The van der Waals surface area contributed by atoms with E-state index in [9.17, 15) is 9.90 Å². The third-order valence-corrected chi connectivity index (χ3v) is 2.56.